The second-order valence-electron chi connectivity index (χ2n) is 2.86. The highest BCUT2D eigenvalue weighted by molar-refractivity contribution is 5.70. The molecule has 0 fully saturated rings. The Morgan fingerprint density at radius 3 is 2.47 bits per heavy atom. The lowest BCUT2D eigenvalue weighted by Gasteiger charge is -2.21. The van der Waals surface area contributed by atoms with Gasteiger partial charge in [-0.3, -0.25) is 0 Å². The Morgan fingerprint density at radius 2 is 2.07 bits per heavy atom. The fourth-order valence-electron chi connectivity index (χ4n) is 0.774. The zero-order chi connectivity index (χ0) is 11.8. The number of hydrogen-bond donors (Lipinski definition) is 2. The van der Waals surface area contributed by atoms with Crippen molar-refractivity contribution in [3.05, 3.63) is 0 Å². The van der Waals surface area contributed by atoms with E-state index in [0.29, 0.717) is 18.2 Å². The third-order valence-corrected chi connectivity index (χ3v) is 1.70. The Kier molecular flexibility index (Phi) is 6.19. The minimum atomic E-state index is -1.28. The highest BCUT2D eigenvalue weighted by atomic mass is 16.7. The molecule has 0 aliphatic heterocycles. The number of carbonyl (C=O) groups excluding carboxylic acids is 1. The molecule has 88 valence electrons. The number of hydrogen-bond acceptors (Lipinski definition) is 4. The Morgan fingerprint density at radius 1 is 1.47 bits per heavy atom. The van der Waals surface area contributed by atoms with Gasteiger partial charge < -0.3 is 20.2 Å². The quantitative estimate of drug-likeness (QED) is 0.659. The third-order valence-electron chi connectivity index (χ3n) is 1.70. The van der Waals surface area contributed by atoms with Crippen LogP contribution >= 0.6 is 0 Å². The molecule has 0 unspecified atom stereocenters. The summed E-state index contributed by atoms with van der Waals surface area (Å²) in [4.78, 5) is 27.7. The van der Waals surface area contributed by atoms with Gasteiger partial charge in [0.1, 0.15) is 0 Å². The van der Waals surface area contributed by atoms with Crippen molar-refractivity contribution in [3.63, 3.8) is 0 Å². The Hall–Kier alpha value is -1.50. The van der Waals surface area contributed by atoms with E-state index in [1.165, 1.54) is 11.9 Å². The van der Waals surface area contributed by atoms with Crippen LogP contribution in [0.5, 0.6) is 0 Å². The van der Waals surface area contributed by atoms with Gasteiger partial charge in [-0.25, -0.2) is 9.59 Å². The van der Waals surface area contributed by atoms with Crippen LogP contribution in [0.1, 0.15) is 6.92 Å². The fourth-order valence-corrected chi connectivity index (χ4v) is 0.774. The van der Waals surface area contributed by atoms with Gasteiger partial charge in [0.2, 0.25) is 0 Å². The summed E-state index contributed by atoms with van der Waals surface area (Å²) in [7, 11) is 3.30. The van der Waals surface area contributed by atoms with Gasteiger partial charge in [0.25, 0.3) is 0 Å². The van der Waals surface area contributed by atoms with Gasteiger partial charge in [-0.05, 0) is 14.0 Å². The van der Waals surface area contributed by atoms with E-state index in [9.17, 15) is 9.59 Å². The van der Waals surface area contributed by atoms with Crippen LogP contribution in [0.25, 0.3) is 0 Å². The minimum Gasteiger partial charge on any atom is -0.463 e. The van der Waals surface area contributed by atoms with Crippen LogP contribution < -0.4 is 5.32 Å². The maximum absolute atomic E-state index is 11.3. The molecule has 15 heavy (non-hydrogen) atoms. The van der Waals surface area contributed by atoms with Crippen LogP contribution in [0.15, 0.2) is 0 Å². The first-order chi connectivity index (χ1) is 7.02. The van der Waals surface area contributed by atoms with Crippen LogP contribution in [-0.4, -0.2) is 61.0 Å². The molecule has 0 aliphatic carbocycles. The summed E-state index contributed by atoms with van der Waals surface area (Å²) in [5.74, 6) is 0. The van der Waals surface area contributed by atoms with E-state index in [1.54, 1.807) is 14.0 Å². The van der Waals surface area contributed by atoms with E-state index >= 15 is 0 Å². The largest absolute Gasteiger partial charge is 0.463 e. The summed E-state index contributed by atoms with van der Waals surface area (Å²) in [5, 5.41) is 12.0. The topological polar surface area (TPSA) is 82.1 Å². The third kappa shape index (κ3) is 5.06. The molecule has 0 bridgehead atoms. The molecule has 7 heteroatoms. The van der Waals surface area contributed by atoms with E-state index in [0.717, 1.165) is 0 Å². The molecule has 0 atom stereocenters. The second kappa shape index (κ2) is 6.88. The number of carbonyl (C=O) groups is 2. The number of carboxylic acid groups (broad SMARTS) is 1. The first kappa shape index (κ1) is 13.5. The van der Waals surface area contributed by atoms with Crippen molar-refractivity contribution in [3.8, 4) is 0 Å². The van der Waals surface area contributed by atoms with Crippen molar-refractivity contribution >= 4 is 12.2 Å². The maximum atomic E-state index is 11.3. The Balaban J connectivity index is 4.04. The van der Waals surface area contributed by atoms with Gasteiger partial charge in [-0.2, -0.15) is 0 Å². The van der Waals surface area contributed by atoms with E-state index in [2.05, 4.69) is 10.2 Å². The molecule has 0 aliphatic rings. The molecule has 2 amide bonds. The molecule has 0 aromatic rings. The smallest absolute Gasteiger partial charge is 0.440 e. The van der Waals surface area contributed by atoms with Crippen LogP contribution in [0.2, 0.25) is 0 Å². The summed E-state index contributed by atoms with van der Waals surface area (Å²) >= 11 is 0. The molecule has 0 heterocycles. The zero-order valence-electron chi connectivity index (χ0n) is 9.19. The highest BCUT2D eigenvalue weighted by Crippen LogP contribution is 1.96. The lowest BCUT2D eigenvalue weighted by molar-refractivity contribution is -0.0827. The van der Waals surface area contributed by atoms with Crippen molar-refractivity contribution in [2.45, 2.75) is 6.92 Å². The standard InChI is InChI=1S/C8H17N3O4/c1-4-11(7(12)13)15-8(14)10(3)6-5-9-2/h9H,4-6H2,1-3H3,(H,12,13). The average molecular weight is 219 g/mol. The van der Waals surface area contributed by atoms with Crippen molar-refractivity contribution in [2.75, 3.05) is 33.7 Å². The van der Waals surface area contributed by atoms with E-state index in [1.807, 2.05) is 0 Å². The molecular formula is C8H17N3O4. The van der Waals surface area contributed by atoms with Gasteiger partial charge >= 0.3 is 12.2 Å². The number of amides is 2. The lowest BCUT2D eigenvalue weighted by atomic mass is 10.6. The summed E-state index contributed by atoms with van der Waals surface area (Å²) < 4.78 is 0. The molecule has 0 radical (unpaired) electrons. The molecule has 2 N–H and O–H groups in total. The molecule has 0 rings (SSSR count). The van der Waals surface area contributed by atoms with Crippen molar-refractivity contribution in [1.82, 2.24) is 15.3 Å². The Bertz CT molecular complexity index is 222. The Labute approximate surface area is 88.5 Å². The van der Waals surface area contributed by atoms with Crippen LogP contribution in [0.3, 0.4) is 0 Å². The minimum absolute atomic E-state index is 0.0982. The van der Waals surface area contributed by atoms with Crippen molar-refractivity contribution in [1.29, 1.82) is 0 Å². The first-order valence-corrected chi connectivity index (χ1v) is 4.61. The van der Waals surface area contributed by atoms with Gasteiger partial charge in [-0.1, -0.05) is 0 Å². The summed E-state index contributed by atoms with van der Waals surface area (Å²) in [5.41, 5.74) is 0. The normalized spacial score (nSPS) is 9.53. The highest BCUT2D eigenvalue weighted by Gasteiger charge is 2.18. The summed E-state index contributed by atoms with van der Waals surface area (Å²) in [6.45, 7) is 2.74. The predicted molar refractivity (Wildman–Crippen MR) is 53.4 cm³/mol. The molecule has 0 aromatic heterocycles. The van der Waals surface area contributed by atoms with Crippen LogP contribution in [-0.2, 0) is 4.84 Å². The number of hydroxylamine groups is 2. The van der Waals surface area contributed by atoms with E-state index in [-0.39, 0.29) is 6.54 Å². The SMILES string of the molecule is CCN(OC(=O)N(C)CCNC)C(=O)O. The van der Waals surface area contributed by atoms with E-state index < -0.39 is 12.2 Å². The molecule has 7 nitrogen and oxygen atoms in total. The molecular weight excluding hydrogens is 202 g/mol. The second-order valence-corrected chi connectivity index (χ2v) is 2.86. The molecule has 0 spiro atoms. The number of nitrogens with zero attached hydrogens (tertiary/aromatic N) is 2. The van der Waals surface area contributed by atoms with Gasteiger partial charge in [0.15, 0.2) is 0 Å². The lowest BCUT2D eigenvalue weighted by Crippen LogP contribution is -2.39. The maximum Gasteiger partial charge on any atom is 0.440 e. The van der Waals surface area contributed by atoms with Crippen molar-refractivity contribution < 1.29 is 19.5 Å². The fraction of sp³-hybridized carbons (Fsp3) is 0.750. The monoisotopic (exact) mass is 219 g/mol. The van der Waals surface area contributed by atoms with Crippen LogP contribution in [0.4, 0.5) is 9.59 Å². The van der Waals surface area contributed by atoms with Crippen LogP contribution in [0, 0.1) is 0 Å². The molecule has 0 saturated heterocycles. The number of nitrogens with one attached hydrogen (secondary N) is 1. The van der Waals surface area contributed by atoms with Gasteiger partial charge in [0, 0.05) is 20.1 Å². The predicted octanol–water partition coefficient (Wildman–Crippen LogP) is 0.189. The number of likely N-dealkylation sites (N-methyl/N-ethyl adjacent to an activating group) is 2. The number of rotatable bonds is 4. The van der Waals surface area contributed by atoms with E-state index in [4.69, 9.17) is 5.11 Å². The first-order valence-electron chi connectivity index (χ1n) is 4.61. The van der Waals surface area contributed by atoms with Gasteiger partial charge in [-0.15, -0.1) is 5.06 Å². The summed E-state index contributed by atoms with van der Waals surface area (Å²) in [6.07, 6.45) is -1.97. The average Bonchev–Trinajstić information content (AvgIpc) is 2.21. The molecule has 0 saturated carbocycles. The molecule has 0 aromatic carbocycles. The summed E-state index contributed by atoms with van der Waals surface area (Å²) in [6, 6.07) is 0. The van der Waals surface area contributed by atoms with Crippen molar-refractivity contribution in [2.24, 2.45) is 0 Å². The zero-order valence-corrected chi connectivity index (χ0v) is 9.19. The van der Waals surface area contributed by atoms with Gasteiger partial charge in [0.05, 0.1) is 6.54 Å².